The lowest BCUT2D eigenvalue weighted by molar-refractivity contribution is 0.352. The highest BCUT2D eigenvalue weighted by molar-refractivity contribution is 5.01. The highest BCUT2D eigenvalue weighted by atomic mass is 15.3. The molecule has 0 N–H and O–H groups in total. The first-order valence-electron chi connectivity index (χ1n) is 3.22. The summed E-state index contributed by atoms with van der Waals surface area (Å²) in [5.74, 6) is 0.951. The van der Waals surface area contributed by atoms with Crippen molar-refractivity contribution in [3.63, 3.8) is 0 Å². The third-order valence-corrected chi connectivity index (χ3v) is 1.48. The zero-order chi connectivity index (χ0) is 8.31. The van der Waals surface area contributed by atoms with Crippen LogP contribution in [0.5, 0.6) is 0 Å². The summed E-state index contributed by atoms with van der Waals surface area (Å²) in [6.07, 6.45) is 0. The van der Waals surface area contributed by atoms with Crippen LogP contribution in [0.2, 0.25) is 0 Å². The number of hydrogen-bond donors (Lipinski definition) is 0. The summed E-state index contributed by atoms with van der Waals surface area (Å²) in [7, 11) is 5.87. The third kappa shape index (κ3) is 2.13. The molecule has 0 radical (unpaired) electrons. The van der Waals surface area contributed by atoms with Gasteiger partial charge in [-0.1, -0.05) is 13.2 Å². The Morgan fingerprint density at radius 1 is 1.10 bits per heavy atom. The van der Waals surface area contributed by atoms with Crippen molar-refractivity contribution < 1.29 is 0 Å². The van der Waals surface area contributed by atoms with E-state index in [9.17, 15) is 0 Å². The van der Waals surface area contributed by atoms with Gasteiger partial charge in [0.1, 0.15) is 0 Å². The van der Waals surface area contributed by atoms with Gasteiger partial charge in [-0.2, -0.15) is 0 Å². The summed E-state index contributed by atoms with van der Waals surface area (Å²) >= 11 is 0. The Hall–Kier alpha value is -0.920. The largest absolute Gasteiger partial charge is 0.365 e. The van der Waals surface area contributed by atoms with Crippen LogP contribution in [0.3, 0.4) is 0 Å². The molecule has 0 unspecified atom stereocenters. The normalized spacial score (nSPS) is 8.80. The lowest BCUT2D eigenvalue weighted by Gasteiger charge is -2.26. The number of hydrogen-bond acceptors (Lipinski definition) is 2. The van der Waals surface area contributed by atoms with Gasteiger partial charge in [0, 0.05) is 26.8 Å². The molecule has 0 fully saturated rings. The van der Waals surface area contributed by atoms with Gasteiger partial charge < -0.3 is 9.80 Å². The zero-order valence-corrected chi connectivity index (χ0v) is 7.31. The summed E-state index contributed by atoms with van der Waals surface area (Å²) in [6.45, 7) is 9.62. The summed E-state index contributed by atoms with van der Waals surface area (Å²) < 4.78 is 0. The first kappa shape index (κ1) is 9.08. The average molecular weight is 140 g/mol. The van der Waals surface area contributed by atoms with Crippen LogP contribution < -0.4 is 0 Å². The minimum absolute atomic E-state index is 0.951. The van der Waals surface area contributed by atoms with Crippen molar-refractivity contribution in [3.8, 4) is 0 Å². The fraction of sp³-hybridized carbons (Fsp3) is 0.500. The molecule has 0 aliphatic rings. The van der Waals surface area contributed by atoms with Crippen LogP contribution in [0.25, 0.3) is 0 Å². The van der Waals surface area contributed by atoms with Crippen molar-refractivity contribution >= 4 is 0 Å². The second-order valence-corrected chi connectivity index (χ2v) is 2.60. The molecule has 0 aromatic carbocycles. The van der Waals surface area contributed by atoms with Crippen molar-refractivity contribution in [3.05, 3.63) is 24.7 Å². The second kappa shape index (κ2) is 3.30. The highest BCUT2D eigenvalue weighted by Gasteiger charge is 2.02. The zero-order valence-electron chi connectivity index (χ0n) is 7.31. The van der Waals surface area contributed by atoms with E-state index in [1.807, 2.05) is 37.9 Å². The van der Waals surface area contributed by atoms with E-state index in [1.54, 1.807) is 0 Å². The molecule has 58 valence electrons. The van der Waals surface area contributed by atoms with Crippen molar-refractivity contribution in [1.82, 2.24) is 9.80 Å². The van der Waals surface area contributed by atoms with Crippen molar-refractivity contribution in [2.75, 3.05) is 21.1 Å². The predicted molar refractivity (Wildman–Crippen MR) is 45.4 cm³/mol. The number of allylic oxidation sites excluding steroid dienone is 1. The van der Waals surface area contributed by atoms with Gasteiger partial charge in [-0.05, 0) is 6.92 Å². The molecule has 0 saturated heterocycles. The Morgan fingerprint density at radius 3 is 1.60 bits per heavy atom. The van der Waals surface area contributed by atoms with E-state index in [1.165, 1.54) is 0 Å². The standard InChI is InChI=1S/C8H16N2/c1-7(2)10(6)8(3)9(4)5/h1,3H2,2,4-6H3. The third-order valence-electron chi connectivity index (χ3n) is 1.48. The molecule has 0 saturated carbocycles. The fourth-order valence-corrected chi connectivity index (χ4v) is 0.520. The van der Waals surface area contributed by atoms with Crippen molar-refractivity contribution in [2.45, 2.75) is 6.92 Å². The maximum Gasteiger partial charge on any atom is 0.0999 e. The molecule has 0 rings (SSSR count). The fourth-order valence-electron chi connectivity index (χ4n) is 0.520. The summed E-state index contributed by atoms with van der Waals surface area (Å²) in [6, 6.07) is 0. The molecule has 0 heterocycles. The Morgan fingerprint density at radius 2 is 1.50 bits per heavy atom. The maximum absolute atomic E-state index is 3.87. The van der Waals surface area contributed by atoms with E-state index < -0.39 is 0 Å². The van der Waals surface area contributed by atoms with E-state index >= 15 is 0 Å². The SMILES string of the molecule is C=C(C)N(C)C(=C)N(C)C. The van der Waals surface area contributed by atoms with Crippen LogP contribution in [-0.4, -0.2) is 30.9 Å². The molecule has 0 aromatic heterocycles. The molecule has 0 amide bonds. The van der Waals surface area contributed by atoms with Crippen molar-refractivity contribution in [1.29, 1.82) is 0 Å². The van der Waals surface area contributed by atoms with Crippen LogP contribution >= 0.6 is 0 Å². The van der Waals surface area contributed by atoms with Gasteiger partial charge in [0.2, 0.25) is 0 Å². The van der Waals surface area contributed by atoms with E-state index in [-0.39, 0.29) is 0 Å². The average Bonchev–Trinajstić information content (AvgIpc) is 1.84. The molecule has 0 atom stereocenters. The molecule has 0 spiro atoms. The van der Waals surface area contributed by atoms with E-state index in [2.05, 4.69) is 13.2 Å². The lowest BCUT2D eigenvalue weighted by Crippen LogP contribution is -2.25. The van der Waals surface area contributed by atoms with Gasteiger partial charge >= 0.3 is 0 Å². The van der Waals surface area contributed by atoms with Crippen LogP contribution in [0.1, 0.15) is 6.92 Å². The quantitative estimate of drug-likeness (QED) is 0.586. The molecule has 0 aliphatic carbocycles. The number of rotatable bonds is 3. The molecule has 0 bridgehead atoms. The first-order valence-corrected chi connectivity index (χ1v) is 3.22. The van der Waals surface area contributed by atoms with Crippen molar-refractivity contribution in [2.24, 2.45) is 0 Å². The molecule has 10 heavy (non-hydrogen) atoms. The smallest absolute Gasteiger partial charge is 0.0999 e. The van der Waals surface area contributed by atoms with Crippen LogP contribution in [0.15, 0.2) is 24.7 Å². The topological polar surface area (TPSA) is 6.48 Å². The summed E-state index contributed by atoms with van der Waals surface area (Å²) in [5, 5.41) is 0. The van der Waals surface area contributed by atoms with E-state index in [0.29, 0.717) is 0 Å². The van der Waals surface area contributed by atoms with E-state index in [4.69, 9.17) is 0 Å². The van der Waals surface area contributed by atoms with Gasteiger partial charge in [-0.25, -0.2) is 0 Å². The van der Waals surface area contributed by atoms with Crippen LogP contribution in [0.4, 0.5) is 0 Å². The molecule has 0 aliphatic heterocycles. The van der Waals surface area contributed by atoms with Crippen LogP contribution in [0, 0.1) is 0 Å². The Balaban J connectivity index is 4.08. The second-order valence-electron chi connectivity index (χ2n) is 2.60. The van der Waals surface area contributed by atoms with Gasteiger partial charge in [0.25, 0.3) is 0 Å². The molecule has 0 aromatic rings. The van der Waals surface area contributed by atoms with Gasteiger partial charge in [0.05, 0.1) is 5.82 Å². The monoisotopic (exact) mass is 140 g/mol. The van der Waals surface area contributed by atoms with Gasteiger partial charge in [-0.15, -0.1) is 0 Å². The minimum Gasteiger partial charge on any atom is -0.365 e. The minimum atomic E-state index is 0.951. The molecule has 2 heteroatoms. The lowest BCUT2D eigenvalue weighted by atomic mass is 10.5. The summed E-state index contributed by atoms with van der Waals surface area (Å²) in [4.78, 5) is 3.90. The van der Waals surface area contributed by atoms with Crippen LogP contribution in [-0.2, 0) is 0 Å². The first-order chi connectivity index (χ1) is 4.46. The van der Waals surface area contributed by atoms with E-state index in [0.717, 1.165) is 11.5 Å². The number of nitrogens with zero attached hydrogens (tertiary/aromatic N) is 2. The predicted octanol–water partition coefficient (Wildman–Crippen LogP) is 1.48. The molecular formula is C8H16N2. The Labute approximate surface area is 63.4 Å². The highest BCUT2D eigenvalue weighted by Crippen LogP contribution is 2.06. The summed E-state index contributed by atoms with van der Waals surface area (Å²) in [5.41, 5.74) is 0.999. The molecule has 2 nitrogen and oxygen atoms in total. The van der Waals surface area contributed by atoms with Gasteiger partial charge in [-0.3, -0.25) is 0 Å². The maximum atomic E-state index is 3.87. The Kier molecular flexibility index (Phi) is 3.00. The Bertz CT molecular complexity index is 147. The van der Waals surface area contributed by atoms with Gasteiger partial charge in [0.15, 0.2) is 0 Å². The molecular weight excluding hydrogens is 124 g/mol.